The molecule has 0 amide bonds. The molecule has 1 aliphatic heterocycles. The van der Waals surface area contributed by atoms with Crippen LogP contribution in [0.4, 0.5) is 5.82 Å². The standard InChI is InChI=1S/C13H18N2O3/c16-9-11-4-2-1-3-7-15(11)12-8-10(13(17)18)5-6-14-12/h5-6,8,11,16H,1-4,7,9H2,(H,17,18). The maximum atomic E-state index is 11.0. The molecule has 2 rings (SSSR count). The fourth-order valence-electron chi connectivity index (χ4n) is 2.38. The van der Waals surface area contributed by atoms with Crippen molar-refractivity contribution in [3.05, 3.63) is 23.9 Å². The summed E-state index contributed by atoms with van der Waals surface area (Å²) in [5.41, 5.74) is 0.237. The Hall–Kier alpha value is -1.62. The second-order valence-electron chi connectivity index (χ2n) is 4.59. The van der Waals surface area contributed by atoms with Gasteiger partial charge < -0.3 is 15.1 Å². The molecule has 1 fully saturated rings. The zero-order valence-electron chi connectivity index (χ0n) is 10.2. The van der Waals surface area contributed by atoms with Crippen molar-refractivity contribution in [3.63, 3.8) is 0 Å². The van der Waals surface area contributed by atoms with Gasteiger partial charge in [0.2, 0.25) is 0 Å². The molecule has 98 valence electrons. The van der Waals surface area contributed by atoms with Crippen LogP contribution in [-0.2, 0) is 0 Å². The van der Waals surface area contributed by atoms with E-state index in [1.807, 2.05) is 4.90 Å². The smallest absolute Gasteiger partial charge is 0.335 e. The van der Waals surface area contributed by atoms with Gasteiger partial charge in [0.25, 0.3) is 0 Å². The molecule has 0 bridgehead atoms. The third-order valence-electron chi connectivity index (χ3n) is 3.37. The molecular formula is C13H18N2O3. The van der Waals surface area contributed by atoms with Crippen molar-refractivity contribution in [1.82, 2.24) is 4.98 Å². The highest BCUT2D eigenvalue weighted by Gasteiger charge is 2.22. The van der Waals surface area contributed by atoms with Crippen molar-refractivity contribution >= 4 is 11.8 Å². The third-order valence-corrected chi connectivity index (χ3v) is 3.37. The van der Waals surface area contributed by atoms with Crippen LogP contribution in [0.2, 0.25) is 0 Å². The van der Waals surface area contributed by atoms with E-state index in [9.17, 15) is 9.90 Å². The van der Waals surface area contributed by atoms with Gasteiger partial charge in [-0.15, -0.1) is 0 Å². The molecule has 18 heavy (non-hydrogen) atoms. The number of carboxylic acid groups (broad SMARTS) is 1. The number of carboxylic acids is 1. The molecule has 2 N–H and O–H groups in total. The highest BCUT2D eigenvalue weighted by atomic mass is 16.4. The number of aliphatic hydroxyl groups is 1. The number of hydrogen-bond acceptors (Lipinski definition) is 4. The lowest BCUT2D eigenvalue weighted by Gasteiger charge is -2.29. The zero-order chi connectivity index (χ0) is 13.0. The van der Waals surface area contributed by atoms with Crippen LogP contribution in [0.15, 0.2) is 18.3 Å². The number of hydrogen-bond donors (Lipinski definition) is 2. The van der Waals surface area contributed by atoms with Gasteiger partial charge in [0.1, 0.15) is 5.82 Å². The van der Waals surface area contributed by atoms with Crippen LogP contribution in [0, 0.1) is 0 Å². The number of aromatic nitrogens is 1. The number of nitrogens with zero attached hydrogens (tertiary/aromatic N) is 2. The second-order valence-corrected chi connectivity index (χ2v) is 4.59. The Labute approximate surface area is 106 Å². The predicted octanol–water partition coefficient (Wildman–Crippen LogP) is 1.52. The Kier molecular flexibility index (Phi) is 4.15. The molecule has 1 aromatic heterocycles. The van der Waals surface area contributed by atoms with Crippen LogP contribution in [0.1, 0.15) is 36.0 Å². The summed E-state index contributed by atoms with van der Waals surface area (Å²) in [5, 5.41) is 18.4. The van der Waals surface area contributed by atoms with Crippen molar-refractivity contribution in [3.8, 4) is 0 Å². The molecule has 5 heteroatoms. The number of anilines is 1. The Bertz CT molecular complexity index is 422. The Balaban J connectivity index is 2.26. The van der Waals surface area contributed by atoms with Crippen molar-refractivity contribution in [2.75, 3.05) is 18.1 Å². The van der Waals surface area contributed by atoms with Gasteiger partial charge in [-0.2, -0.15) is 0 Å². The molecule has 2 heterocycles. The molecule has 1 saturated heterocycles. The van der Waals surface area contributed by atoms with Crippen molar-refractivity contribution in [2.45, 2.75) is 31.7 Å². The van der Waals surface area contributed by atoms with Crippen molar-refractivity contribution in [1.29, 1.82) is 0 Å². The van der Waals surface area contributed by atoms with E-state index in [1.54, 1.807) is 6.07 Å². The Morgan fingerprint density at radius 1 is 1.44 bits per heavy atom. The normalized spacial score (nSPS) is 20.5. The van der Waals surface area contributed by atoms with Gasteiger partial charge in [0, 0.05) is 12.7 Å². The van der Waals surface area contributed by atoms with Crippen LogP contribution in [0.25, 0.3) is 0 Å². The van der Waals surface area contributed by atoms with E-state index in [4.69, 9.17) is 5.11 Å². The summed E-state index contributed by atoms with van der Waals surface area (Å²) in [6.07, 6.45) is 5.73. The van der Waals surface area contributed by atoms with Crippen molar-refractivity contribution < 1.29 is 15.0 Å². The first kappa shape index (κ1) is 12.8. The minimum absolute atomic E-state index is 0.0454. The highest BCUT2D eigenvalue weighted by molar-refractivity contribution is 5.88. The first-order valence-electron chi connectivity index (χ1n) is 6.29. The lowest BCUT2D eigenvalue weighted by Crippen LogP contribution is -2.38. The van der Waals surface area contributed by atoms with E-state index < -0.39 is 5.97 Å². The number of aliphatic hydroxyl groups excluding tert-OH is 1. The van der Waals surface area contributed by atoms with Gasteiger partial charge in [0.05, 0.1) is 18.2 Å². The lowest BCUT2D eigenvalue weighted by atomic mass is 10.1. The predicted molar refractivity (Wildman–Crippen MR) is 67.9 cm³/mol. The first-order valence-corrected chi connectivity index (χ1v) is 6.29. The molecule has 1 atom stereocenters. The van der Waals surface area contributed by atoms with Gasteiger partial charge in [-0.1, -0.05) is 12.8 Å². The molecule has 0 aromatic carbocycles. The Morgan fingerprint density at radius 3 is 3.00 bits per heavy atom. The Morgan fingerprint density at radius 2 is 2.28 bits per heavy atom. The molecule has 0 radical (unpaired) electrons. The molecule has 0 saturated carbocycles. The topological polar surface area (TPSA) is 73.7 Å². The fourth-order valence-corrected chi connectivity index (χ4v) is 2.38. The average molecular weight is 250 g/mol. The summed E-state index contributed by atoms with van der Waals surface area (Å²) >= 11 is 0. The molecule has 0 spiro atoms. The fraction of sp³-hybridized carbons (Fsp3) is 0.538. The van der Waals surface area contributed by atoms with Crippen LogP contribution in [0.5, 0.6) is 0 Å². The van der Waals surface area contributed by atoms with Crippen LogP contribution < -0.4 is 4.90 Å². The zero-order valence-corrected chi connectivity index (χ0v) is 10.2. The summed E-state index contributed by atoms with van der Waals surface area (Å²) < 4.78 is 0. The third kappa shape index (κ3) is 2.79. The van der Waals surface area contributed by atoms with Gasteiger partial charge in [0.15, 0.2) is 0 Å². The number of pyridine rings is 1. The van der Waals surface area contributed by atoms with E-state index in [1.165, 1.54) is 12.3 Å². The van der Waals surface area contributed by atoms with Crippen LogP contribution >= 0.6 is 0 Å². The van der Waals surface area contributed by atoms with Gasteiger partial charge in [-0.3, -0.25) is 0 Å². The molecular weight excluding hydrogens is 232 g/mol. The second kappa shape index (κ2) is 5.82. The summed E-state index contributed by atoms with van der Waals surface area (Å²) in [6.45, 7) is 0.903. The van der Waals surface area contributed by atoms with Crippen LogP contribution in [0.3, 0.4) is 0 Å². The lowest BCUT2D eigenvalue weighted by molar-refractivity contribution is 0.0697. The quantitative estimate of drug-likeness (QED) is 0.850. The largest absolute Gasteiger partial charge is 0.478 e. The minimum atomic E-state index is -0.950. The van der Waals surface area contributed by atoms with Gasteiger partial charge in [-0.05, 0) is 25.0 Å². The van der Waals surface area contributed by atoms with Gasteiger partial charge >= 0.3 is 5.97 Å². The monoisotopic (exact) mass is 250 g/mol. The molecule has 0 aliphatic carbocycles. The molecule has 1 unspecified atom stereocenters. The summed E-state index contributed by atoms with van der Waals surface area (Å²) in [6, 6.07) is 3.11. The molecule has 1 aliphatic rings. The molecule has 5 nitrogen and oxygen atoms in total. The van der Waals surface area contributed by atoms with Crippen molar-refractivity contribution in [2.24, 2.45) is 0 Å². The SMILES string of the molecule is O=C(O)c1ccnc(N2CCCCCC2CO)c1. The summed E-state index contributed by atoms with van der Waals surface area (Å²) in [4.78, 5) is 17.2. The van der Waals surface area contributed by atoms with Crippen LogP contribution in [-0.4, -0.2) is 40.4 Å². The van der Waals surface area contributed by atoms with E-state index in [0.29, 0.717) is 5.82 Å². The maximum Gasteiger partial charge on any atom is 0.335 e. The van der Waals surface area contributed by atoms with Gasteiger partial charge in [-0.25, -0.2) is 9.78 Å². The maximum absolute atomic E-state index is 11.0. The minimum Gasteiger partial charge on any atom is -0.478 e. The summed E-state index contributed by atoms with van der Waals surface area (Å²) in [7, 11) is 0. The van der Waals surface area contributed by atoms with E-state index in [2.05, 4.69) is 4.98 Å². The van der Waals surface area contributed by atoms with E-state index in [-0.39, 0.29) is 18.2 Å². The average Bonchev–Trinajstić information content (AvgIpc) is 2.63. The number of rotatable bonds is 3. The van der Waals surface area contributed by atoms with E-state index >= 15 is 0 Å². The first-order chi connectivity index (χ1) is 8.72. The number of carbonyl (C=O) groups is 1. The van der Waals surface area contributed by atoms with E-state index in [0.717, 1.165) is 32.2 Å². The number of aromatic carboxylic acids is 1. The highest BCUT2D eigenvalue weighted by Crippen LogP contribution is 2.23. The summed E-state index contributed by atoms with van der Waals surface area (Å²) in [5.74, 6) is -0.301. The molecule has 1 aromatic rings.